The number of carbonyl (C=O) groups is 1. The van der Waals surface area contributed by atoms with Gasteiger partial charge in [-0.1, -0.05) is 17.7 Å². The number of alkyl halides is 1. The van der Waals surface area contributed by atoms with Crippen molar-refractivity contribution in [3.05, 3.63) is 47.5 Å². The number of hydrogen-bond acceptors (Lipinski definition) is 3. The van der Waals surface area contributed by atoms with Crippen LogP contribution < -0.4 is 15.4 Å². The minimum absolute atomic E-state index is 0.0264. The maximum atomic E-state index is 12.2. The Morgan fingerprint density at radius 2 is 2.12 bits per heavy atom. The number of aromatic nitrogens is 2. The number of hydrogen-bond donors (Lipinski definition) is 3. The van der Waals surface area contributed by atoms with Gasteiger partial charge in [-0.05, 0) is 36.4 Å². The number of benzene rings is 2. The molecule has 0 aliphatic heterocycles. The van der Waals surface area contributed by atoms with E-state index < -0.39 is 12.7 Å². The average Bonchev–Trinajstić information content (AvgIpc) is 2.95. The average molecular weight is 349 g/mol. The highest BCUT2D eigenvalue weighted by atomic mass is 35.5. The highest BCUT2D eigenvalue weighted by Gasteiger charge is 2.11. The van der Waals surface area contributed by atoms with Crippen LogP contribution >= 0.6 is 11.6 Å². The van der Waals surface area contributed by atoms with Gasteiger partial charge in [0.2, 0.25) is 0 Å². The number of anilines is 2. The number of nitrogens with zero attached hydrogens (tertiary/aromatic N) is 1. The largest absolute Gasteiger partial charge is 0.491 e. The predicted octanol–water partition coefficient (Wildman–Crippen LogP) is 4.21. The third-order valence-corrected chi connectivity index (χ3v) is 3.43. The molecule has 2 aromatic carbocycles. The number of urea groups is 1. The summed E-state index contributed by atoms with van der Waals surface area (Å²) < 4.78 is 17.4. The number of nitrogens with one attached hydrogen (secondary N) is 3. The van der Waals surface area contributed by atoms with Crippen molar-refractivity contribution in [1.29, 1.82) is 0 Å². The SMILES string of the molecule is O=C(Nc1cccc(Cl)c1)Nc1n[nH]c2ccc(OCCF)cc12. The Morgan fingerprint density at radius 3 is 2.92 bits per heavy atom. The molecule has 1 aromatic heterocycles. The van der Waals surface area contributed by atoms with E-state index in [0.717, 1.165) is 5.52 Å². The quantitative estimate of drug-likeness (QED) is 0.646. The second-order valence-corrected chi connectivity index (χ2v) is 5.34. The van der Waals surface area contributed by atoms with E-state index in [2.05, 4.69) is 20.8 Å². The molecule has 0 saturated heterocycles. The van der Waals surface area contributed by atoms with Crippen molar-refractivity contribution >= 4 is 40.0 Å². The maximum absolute atomic E-state index is 12.2. The Hall–Kier alpha value is -2.80. The van der Waals surface area contributed by atoms with Crippen molar-refractivity contribution in [3.8, 4) is 5.75 Å². The third kappa shape index (κ3) is 3.75. The summed E-state index contributed by atoms with van der Waals surface area (Å²) in [7, 11) is 0. The van der Waals surface area contributed by atoms with Crippen LogP contribution in [0.2, 0.25) is 5.02 Å². The molecule has 0 saturated carbocycles. The van der Waals surface area contributed by atoms with E-state index in [1.165, 1.54) is 0 Å². The Balaban J connectivity index is 1.75. The molecule has 0 bridgehead atoms. The zero-order chi connectivity index (χ0) is 16.9. The summed E-state index contributed by atoms with van der Waals surface area (Å²) in [5.41, 5.74) is 1.28. The first-order valence-electron chi connectivity index (χ1n) is 7.16. The lowest BCUT2D eigenvalue weighted by atomic mass is 10.2. The zero-order valence-corrected chi connectivity index (χ0v) is 13.2. The van der Waals surface area contributed by atoms with Crippen LogP contribution in [0.15, 0.2) is 42.5 Å². The van der Waals surface area contributed by atoms with E-state index in [1.807, 2.05) is 0 Å². The number of amides is 2. The molecular weight excluding hydrogens is 335 g/mol. The van der Waals surface area contributed by atoms with Gasteiger partial charge < -0.3 is 10.1 Å². The van der Waals surface area contributed by atoms with E-state index in [1.54, 1.807) is 42.5 Å². The van der Waals surface area contributed by atoms with Crippen molar-refractivity contribution in [2.45, 2.75) is 0 Å². The number of halogens is 2. The fraction of sp³-hybridized carbons (Fsp3) is 0.125. The topological polar surface area (TPSA) is 79.0 Å². The monoisotopic (exact) mass is 348 g/mol. The molecule has 8 heteroatoms. The number of rotatable bonds is 5. The number of ether oxygens (including phenoxy) is 1. The first-order valence-corrected chi connectivity index (χ1v) is 7.54. The van der Waals surface area contributed by atoms with Crippen molar-refractivity contribution in [3.63, 3.8) is 0 Å². The molecule has 0 atom stereocenters. The second-order valence-electron chi connectivity index (χ2n) is 4.91. The Labute approximate surface area is 142 Å². The lowest BCUT2D eigenvalue weighted by Gasteiger charge is -2.07. The molecule has 0 fully saturated rings. The van der Waals surface area contributed by atoms with Gasteiger partial charge in [-0.15, -0.1) is 0 Å². The van der Waals surface area contributed by atoms with Gasteiger partial charge in [-0.3, -0.25) is 10.4 Å². The van der Waals surface area contributed by atoms with Gasteiger partial charge in [0, 0.05) is 16.1 Å². The van der Waals surface area contributed by atoms with Crippen LogP contribution in [0.4, 0.5) is 20.7 Å². The van der Waals surface area contributed by atoms with Gasteiger partial charge in [0.05, 0.1) is 5.52 Å². The number of aromatic amines is 1. The van der Waals surface area contributed by atoms with Crippen LogP contribution in [0.1, 0.15) is 0 Å². The summed E-state index contributed by atoms with van der Waals surface area (Å²) in [6.07, 6.45) is 0. The van der Waals surface area contributed by atoms with Gasteiger partial charge in [-0.25, -0.2) is 9.18 Å². The molecule has 0 radical (unpaired) electrons. The zero-order valence-electron chi connectivity index (χ0n) is 12.5. The first kappa shape index (κ1) is 16.1. The summed E-state index contributed by atoms with van der Waals surface area (Å²) in [4.78, 5) is 12.1. The van der Waals surface area contributed by atoms with Crippen LogP contribution in [0.5, 0.6) is 5.75 Å². The summed E-state index contributed by atoms with van der Waals surface area (Å²) in [5, 5.41) is 13.4. The van der Waals surface area contributed by atoms with Gasteiger partial charge in [0.15, 0.2) is 5.82 Å². The maximum Gasteiger partial charge on any atom is 0.324 e. The summed E-state index contributed by atoms with van der Waals surface area (Å²) in [6, 6.07) is 11.5. The molecule has 0 unspecified atom stereocenters. The van der Waals surface area contributed by atoms with Crippen LogP contribution in [-0.4, -0.2) is 29.5 Å². The number of H-pyrrole nitrogens is 1. The summed E-state index contributed by atoms with van der Waals surface area (Å²) in [5.74, 6) is 0.843. The van der Waals surface area contributed by atoms with Gasteiger partial charge in [0.25, 0.3) is 0 Å². The minimum Gasteiger partial charge on any atom is -0.491 e. The Bertz CT molecular complexity index is 868. The number of fused-ring (bicyclic) bond motifs is 1. The predicted molar refractivity (Wildman–Crippen MR) is 91.7 cm³/mol. The van der Waals surface area contributed by atoms with Crippen molar-refractivity contribution < 1.29 is 13.9 Å². The number of carbonyl (C=O) groups excluding carboxylic acids is 1. The van der Waals surface area contributed by atoms with Crippen molar-refractivity contribution in [2.75, 3.05) is 23.9 Å². The molecule has 3 N–H and O–H groups in total. The van der Waals surface area contributed by atoms with Crippen molar-refractivity contribution in [1.82, 2.24) is 10.2 Å². The highest BCUT2D eigenvalue weighted by Crippen LogP contribution is 2.25. The van der Waals surface area contributed by atoms with E-state index in [4.69, 9.17) is 16.3 Å². The fourth-order valence-corrected chi connectivity index (χ4v) is 2.36. The molecule has 2 amide bonds. The molecule has 3 aromatic rings. The van der Waals surface area contributed by atoms with Crippen LogP contribution in [0.25, 0.3) is 10.9 Å². The summed E-state index contributed by atoms with van der Waals surface area (Å²) in [6.45, 7) is -0.599. The van der Waals surface area contributed by atoms with Crippen LogP contribution in [0.3, 0.4) is 0 Å². The van der Waals surface area contributed by atoms with E-state index in [0.29, 0.717) is 27.7 Å². The second kappa shape index (κ2) is 7.18. The minimum atomic E-state index is -0.573. The standard InChI is InChI=1S/C16H14ClFN4O2/c17-10-2-1-3-11(8-10)19-16(23)20-15-13-9-12(24-7-6-18)4-5-14(13)21-22-15/h1-5,8-9H,6-7H2,(H3,19,20,21,22,23). The van der Waals surface area contributed by atoms with Crippen molar-refractivity contribution in [2.24, 2.45) is 0 Å². The van der Waals surface area contributed by atoms with Crippen LogP contribution in [-0.2, 0) is 0 Å². The van der Waals surface area contributed by atoms with E-state index >= 15 is 0 Å². The molecule has 6 nitrogen and oxygen atoms in total. The molecule has 0 spiro atoms. The summed E-state index contributed by atoms with van der Waals surface area (Å²) >= 11 is 5.88. The van der Waals surface area contributed by atoms with E-state index in [9.17, 15) is 9.18 Å². The molecular formula is C16H14ClFN4O2. The molecule has 3 rings (SSSR count). The van der Waals surface area contributed by atoms with Gasteiger partial charge >= 0.3 is 6.03 Å². The lowest BCUT2D eigenvalue weighted by Crippen LogP contribution is -2.19. The molecule has 124 valence electrons. The van der Waals surface area contributed by atoms with Gasteiger partial charge in [0.1, 0.15) is 19.0 Å². The normalized spacial score (nSPS) is 10.6. The third-order valence-electron chi connectivity index (χ3n) is 3.19. The smallest absolute Gasteiger partial charge is 0.324 e. The molecule has 24 heavy (non-hydrogen) atoms. The fourth-order valence-electron chi connectivity index (χ4n) is 2.17. The first-order chi connectivity index (χ1) is 11.7. The van der Waals surface area contributed by atoms with Gasteiger partial charge in [-0.2, -0.15) is 5.10 Å². The Kier molecular flexibility index (Phi) is 4.81. The highest BCUT2D eigenvalue weighted by molar-refractivity contribution is 6.30. The lowest BCUT2D eigenvalue weighted by molar-refractivity contribution is 0.262. The molecule has 1 heterocycles. The molecule has 0 aliphatic rings. The Morgan fingerprint density at radius 1 is 1.25 bits per heavy atom. The van der Waals surface area contributed by atoms with Crippen LogP contribution in [0, 0.1) is 0 Å². The van der Waals surface area contributed by atoms with E-state index in [-0.39, 0.29) is 6.61 Å². The molecule has 0 aliphatic carbocycles.